The molecule has 0 radical (unpaired) electrons. The van der Waals surface area contributed by atoms with Gasteiger partial charge in [-0.3, -0.25) is 4.90 Å². The van der Waals surface area contributed by atoms with E-state index >= 15 is 0 Å². The number of nitrogens with one attached hydrogen (secondary N) is 1. The number of ether oxygens (including phenoxy) is 1. The molecule has 6 nitrogen and oxygen atoms in total. The maximum atomic E-state index is 12.7. The van der Waals surface area contributed by atoms with Crippen LogP contribution in [0.5, 0.6) is 0 Å². The van der Waals surface area contributed by atoms with Crippen LogP contribution < -0.4 is 10.2 Å². The Morgan fingerprint density at radius 3 is 2.16 bits per heavy atom. The van der Waals surface area contributed by atoms with Crippen LogP contribution in [0.25, 0.3) is 0 Å². The number of benzene rings is 1. The second kappa shape index (κ2) is 12.3. The predicted octanol–water partition coefficient (Wildman–Crippen LogP) is 5.30. The predicted molar refractivity (Wildman–Crippen MR) is 129 cm³/mol. The minimum Gasteiger partial charge on any atom is -0.426 e. The van der Waals surface area contributed by atoms with Crippen molar-refractivity contribution in [1.82, 2.24) is 15.1 Å². The molecule has 2 fully saturated rings. The first-order valence-electron chi connectivity index (χ1n) is 12.4. The van der Waals surface area contributed by atoms with Crippen molar-refractivity contribution in [2.24, 2.45) is 5.92 Å². The number of halogens is 7. The number of hydrogen-bond donors (Lipinski definition) is 1. The molecule has 1 unspecified atom stereocenters. The topological polar surface area (TPSA) is 48.0 Å². The van der Waals surface area contributed by atoms with Crippen LogP contribution >= 0.6 is 11.6 Å². The van der Waals surface area contributed by atoms with E-state index < -0.39 is 24.5 Å². The van der Waals surface area contributed by atoms with E-state index in [1.807, 2.05) is 24.1 Å². The van der Waals surface area contributed by atoms with E-state index in [9.17, 15) is 31.1 Å². The number of piperazine rings is 1. The summed E-state index contributed by atoms with van der Waals surface area (Å²) in [5, 5.41) is 4.00. The van der Waals surface area contributed by atoms with Crippen LogP contribution in [0, 0.1) is 5.92 Å². The van der Waals surface area contributed by atoms with Gasteiger partial charge in [0.1, 0.15) is 0 Å². The van der Waals surface area contributed by atoms with Gasteiger partial charge in [-0.25, -0.2) is 4.79 Å². The normalized spacial score (nSPS) is 19.4. The Morgan fingerprint density at radius 1 is 1.05 bits per heavy atom. The van der Waals surface area contributed by atoms with Gasteiger partial charge in [-0.05, 0) is 49.9 Å². The van der Waals surface area contributed by atoms with E-state index in [-0.39, 0.29) is 26.2 Å². The number of nitrogens with zero attached hydrogens (tertiary/aromatic N) is 3. The van der Waals surface area contributed by atoms with Crippen molar-refractivity contribution in [1.29, 1.82) is 0 Å². The second-order valence-electron chi connectivity index (χ2n) is 9.51. The fourth-order valence-electron chi connectivity index (χ4n) is 5.10. The zero-order valence-electron chi connectivity index (χ0n) is 20.8. The standard InChI is InChI=1S/C24H33ClF6N4O2/c1-3-19(32-2)16-6-8-34(9-7-16)20-14-18(25)5-4-17(20)15-33-10-12-35(13-11-33)22(36)37-21(23(26,27)28)24(29,30)31/h4-5,14,16,19,21,32H,3,6-13,15H2,1-2H3. The lowest BCUT2D eigenvalue weighted by molar-refractivity contribution is -0.308. The van der Waals surface area contributed by atoms with Gasteiger partial charge in [0, 0.05) is 62.6 Å². The molecule has 3 rings (SSSR count). The zero-order chi connectivity index (χ0) is 27.4. The maximum absolute atomic E-state index is 12.7. The van der Waals surface area contributed by atoms with E-state index in [0.717, 1.165) is 48.5 Å². The Hall–Kier alpha value is -1.92. The van der Waals surface area contributed by atoms with Crippen molar-refractivity contribution in [2.45, 2.75) is 57.2 Å². The summed E-state index contributed by atoms with van der Waals surface area (Å²) in [7, 11) is 1.99. The van der Waals surface area contributed by atoms with Gasteiger partial charge in [0.15, 0.2) is 0 Å². The number of amides is 1. The number of hydrogen-bond acceptors (Lipinski definition) is 5. The van der Waals surface area contributed by atoms with Crippen LogP contribution in [-0.4, -0.2) is 86.7 Å². The third kappa shape index (κ3) is 7.79. The summed E-state index contributed by atoms with van der Waals surface area (Å²) in [4.78, 5) is 17.2. The van der Waals surface area contributed by atoms with Crippen molar-refractivity contribution >= 4 is 23.4 Å². The average Bonchev–Trinajstić information content (AvgIpc) is 2.84. The summed E-state index contributed by atoms with van der Waals surface area (Å²) >= 11 is 6.29. The summed E-state index contributed by atoms with van der Waals surface area (Å²) in [6.07, 6.45) is -14.1. The van der Waals surface area contributed by atoms with Gasteiger partial charge < -0.3 is 19.9 Å². The lowest BCUT2D eigenvalue weighted by atomic mass is 9.87. The monoisotopic (exact) mass is 558 g/mol. The molecular weight excluding hydrogens is 526 g/mol. The lowest BCUT2D eigenvalue weighted by Gasteiger charge is -2.39. The van der Waals surface area contributed by atoms with Gasteiger partial charge in [-0.1, -0.05) is 24.6 Å². The van der Waals surface area contributed by atoms with E-state index in [1.54, 1.807) is 6.07 Å². The number of piperidine rings is 1. The molecule has 0 bridgehead atoms. The van der Waals surface area contributed by atoms with Crippen LogP contribution in [0.3, 0.4) is 0 Å². The van der Waals surface area contributed by atoms with Crippen molar-refractivity contribution in [3.63, 3.8) is 0 Å². The molecule has 210 valence electrons. The summed E-state index contributed by atoms with van der Waals surface area (Å²) in [5.74, 6) is 0.594. The molecule has 1 atom stereocenters. The van der Waals surface area contributed by atoms with E-state index in [4.69, 9.17) is 11.6 Å². The van der Waals surface area contributed by atoms with E-state index in [0.29, 0.717) is 23.5 Å². The molecule has 1 N–H and O–H groups in total. The Balaban J connectivity index is 1.59. The van der Waals surface area contributed by atoms with Gasteiger partial charge in [-0.15, -0.1) is 0 Å². The van der Waals surface area contributed by atoms with Crippen LogP contribution in [0.2, 0.25) is 5.02 Å². The number of rotatable bonds is 7. The minimum absolute atomic E-state index is 0.0436. The molecule has 1 aromatic rings. The second-order valence-corrected chi connectivity index (χ2v) is 9.95. The highest BCUT2D eigenvalue weighted by atomic mass is 35.5. The molecular formula is C24H33ClF6N4O2. The van der Waals surface area contributed by atoms with Crippen LogP contribution in [0.1, 0.15) is 31.7 Å². The van der Waals surface area contributed by atoms with Crippen LogP contribution in [-0.2, 0) is 11.3 Å². The summed E-state index contributed by atoms with van der Waals surface area (Å²) in [6.45, 7) is 4.93. The Kier molecular flexibility index (Phi) is 9.85. The van der Waals surface area contributed by atoms with Gasteiger partial charge in [0.05, 0.1) is 0 Å². The highest BCUT2D eigenvalue weighted by Gasteiger charge is 2.60. The van der Waals surface area contributed by atoms with Crippen molar-refractivity contribution in [3.8, 4) is 0 Å². The fraction of sp³-hybridized carbons (Fsp3) is 0.708. The van der Waals surface area contributed by atoms with E-state index in [2.05, 4.69) is 21.9 Å². The Labute approximate surface area is 217 Å². The quantitative estimate of drug-likeness (QED) is 0.460. The molecule has 13 heteroatoms. The first-order chi connectivity index (χ1) is 17.3. The molecule has 1 aromatic carbocycles. The number of alkyl halides is 6. The minimum atomic E-state index is -5.74. The molecule has 0 saturated carbocycles. The first kappa shape index (κ1) is 29.6. The molecule has 2 aliphatic rings. The van der Waals surface area contributed by atoms with Crippen LogP contribution in [0.15, 0.2) is 18.2 Å². The summed E-state index contributed by atoms with van der Waals surface area (Å²) in [6, 6.07) is 6.13. The summed E-state index contributed by atoms with van der Waals surface area (Å²) in [5.41, 5.74) is 2.04. The molecule has 1 amide bonds. The number of anilines is 1. The lowest BCUT2D eigenvalue weighted by Crippen LogP contribution is -2.52. The Bertz CT molecular complexity index is 882. The van der Waals surface area contributed by atoms with Crippen LogP contribution in [0.4, 0.5) is 36.8 Å². The molecule has 2 saturated heterocycles. The molecule has 0 aliphatic carbocycles. The Morgan fingerprint density at radius 2 is 1.65 bits per heavy atom. The maximum Gasteiger partial charge on any atom is 0.434 e. The average molecular weight is 559 g/mol. The van der Waals surface area contributed by atoms with Crippen molar-refractivity contribution in [2.75, 3.05) is 51.2 Å². The van der Waals surface area contributed by atoms with Crippen molar-refractivity contribution < 1.29 is 35.9 Å². The molecule has 0 spiro atoms. The molecule has 2 heterocycles. The highest BCUT2D eigenvalue weighted by Crippen LogP contribution is 2.36. The first-order valence-corrected chi connectivity index (χ1v) is 12.7. The largest absolute Gasteiger partial charge is 0.434 e. The number of carbonyl (C=O) groups excluding carboxylic acids is 1. The number of carbonyl (C=O) groups is 1. The summed E-state index contributed by atoms with van der Waals surface area (Å²) < 4.78 is 80.2. The van der Waals surface area contributed by atoms with Gasteiger partial charge in [0.2, 0.25) is 0 Å². The van der Waals surface area contributed by atoms with Gasteiger partial charge in [-0.2, -0.15) is 26.3 Å². The van der Waals surface area contributed by atoms with Gasteiger partial charge in [0.25, 0.3) is 6.10 Å². The third-order valence-corrected chi connectivity index (χ3v) is 7.38. The highest BCUT2D eigenvalue weighted by molar-refractivity contribution is 6.30. The van der Waals surface area contributed by atoms with Crippen molar-refractivity contribution in [3.05, 3.63) is 28.8 Å². The smallest absolute Gasteiger partial charge is 0.426 e. The third-order valence-electron chi connectivity index (χ3n) is 7.14. The molecule has 2 aliphatic heterocycles. The SMILES string of the molecule is CCC(NC)C1CCN(c2cc(Cl)ccc2CN2CCN(C(=O)OC(C(F)(F)F)C(F)(F)F)CC2)CC1. The van der Waals surface area contributed by atoms with E-state index in [1.165, 1.54) is 0 Å². The fourth-order valence-corrected chi connectivity index (χ4v) is 5.27. The zero-order valence-corrected chi connectivity index (χ0v) is 21.6. The molecule has 37 heavy (non-hydrogen) atoms. The van der Waals surface area contributed by atoms with Gasteiger partial charge >= 0.3 is 18.4 Å². The molecule has 0 aromatic heterocycles.